The molecule has 0 aliphatic carbocycles. The van der Waals surface area contributed by atoms with Gasteiger partial charge < -0.3 is 19.3 Å². The predicted octanol–water partition coefficient (Wildman–Crippen LogP) is 5.84. The Bertz CT molecular complexity index is 799. The third-order valence-electron chi connectivity index (χ3n) is 4.99. The van der Waals surface area contributed by atoms with E-state index in [1.165, 1.54) is 6.42 Å². The van der Waals surface area contributed by atoms with Crippen LogP contribution in [0.25, 0.3) is 11.0 Å². The highest BCUT2D eigenvalue weighted by Crippen LogP contribution is 2.30. The Morgan fingerprint density at radius 3 is 2.48 bits per heavy atom. The standard InChI is InChI=1S/C20H28N2O4.C3H8/c1-13-17(23)8-6-15-16(21-26-18(13)15)7-5-14-9-11-22(12-10-14)19(24)25-20(2,3)4;1-3-2/h6,8,14,23H,5,7,9-12H2,1-4H3;3H2,1-2H3. The van der Waals surface area contributed by atoms with E-state index < -0.39 is 5.60 Å². The predicted molar refractivity (Wildman–Crippen MR) is 115 cm³/mol. The van der Waals surface area contributed by atoms with Gasteiger partial charge >= 0.3 is 6.09 Å². The summed E-state index contributed by atoms with van der Waals surface area (Å²) in [5.74, 6) is 0.799. The van der Waals surface area contributed by atoms with E-state index in [1.54, 1.807) is 11.0 Å². The second-order valence-electron chi connectivity index (χ2n) is 8.87. The van der Waals surface area contributed by atoms with Crippen molar-refractivity contribution in [3.05, 3.63) is 23.4 Å². The highest BCUT2D eigenvalue weighted by Gasteiger charge is 2.27. The first kappa shape index (κ1) is 23.0. The van der Waals surface area contributed by atoms with Gasteiger partial charge in [-0.15, -0.1) is 0 Å². The number of phenolic OH excluding ortho intramolecular Hbond substituents is 1. The van der Waals surface area contributed by atoms with Crippen LogP contribution in [0.4, 0.5) is 4.79 Å². The zero-order valence-electron chi connectivity index (χ0n) is 18.7. The highest BCUT2D eigenvalue weighted by atomic mass is 16.6. The Morgan fingerprint density at radius 2 is 1.90 bits per heavy atom. The van der Waals surface area contributed by atoms with Crippen LogP contribution in [0.2, 0.25) is 0 Å². The number of hydrogen-bond acceptors (Lipinski definition) is 5. The van der Waals surface area contributed by atoms with E-state index in [-0.39, 0.29) is 11.8 Å². The van der Waals surface area contributed by atoms with E-state index >= 15 is 0 Å². The summed E-state index contributed by atoms with van der Waals surface area (Å²) in [5.41, 5.74) is 1.89. The Balaban J connectivity index is 0.000000941. The molecular formula is C23H36N2O4. The van der Waals surface area contributed by atoms with E-state index in [1.807, 2.05) is 33.8 Å². The second kappa shape index (κ2) is 9.99. The van der Waals surface area contributed by atoms with Crippen molar-refractivity contribution in [1.29, 1.82) is 0 Å². The molecule has 2 aromatic rings. The fraction of sp³-hybridized carbons (Fsp3) is 0.652. The van der Waals surface area contributed by atoms with Gasteiger partial charge in [-0.25, -0.2) is 4.79 Å². The number of fused-ring (bicyclic) bond motifs is 1. The van der Waals surface area contributed by atoms with Gasteiger partial charge in [-0.1, -0.05) is 25.4 Å². The number of likely N-dealkylation sites (tertiary alicyclic amines) is 1. The van der Waals surface area contributed by atoms with Gasteiger partial charge in [0.05, 0.1) is 5.69 Å². The molecule has 162 valence electrons. The molecule has 6 nitrogen and oxygen atoms in total. The Kier molecular flexibility index (Phi) is 7.94. The average Bonchev–Trinajstić information content (AvgIpc) is 3.06. The maximum atomic E-state index is 12.1. The number of ether oxygens (including phenoxy) is 1. The van der Waals surface area contributed by atoms with Crippen molar-refractivity contribution in [2.75, 3.05) is 13.1 Å². The quantitative estimate of drug-likeness (QED) is 0.696. The molecule has 0 radical (unpaired) electrons. The molecule has 3 rings (SSSR count). The molecule has 1 aliphatic heterocycles. The Labute approximate surface area is 174 Å². The van der Waals surface area contributed by atoms with Crippen molar-refractivity contribution >= 4 is 17.1 Å². The van der Waals surface area contributed by atoms with Crippen LogP contribution in [0.5, 0.6) is 5.75 Å². The third-order valence-corrected chi connectivity index (χ3v) is 4.99. The van der Waals surface area contributed by atoms with Gasteiger partial charge in [0.1, 0.15) is 11.4 Å². The largest absolute Gasteiger partial charge is 0.508 e. The zero-order chi connectivity index (χ0) is 21.6. The zero-order valence-corrected chi connectivity index (χ0v) is 18.7. The lowest BCUT2D eigenvalue weighted by Crippen LogP contribution is -2.41. The molecule has 1 saturated heterocycles. The minimum Gasteiger partial charge on any atom is -0.508 e. The number of amides is 1. The number of nitrogens with zero attached hydrogens (tertiary/aromatic N) is 2. The van der Waals surface area contributed by atoms with Gasteiger partial charge in [0, 0.05) is 24.0 Å². The van der Waals surface area contributed by atoms with Gasteiger partial charge in [-0.2, -0.15) is 0 Å². The van der Waals surface area contributed by atoms with E-state index in [9.17, 15) is 9.90 Å². The van der Waals surface area contributed by atoms with Crippen LogP contribution in [0, 0.1) is 12.8 Å². The van der Waals surface area contributed by atoms with Gasteiger partial charge in [-0.3, -0.25) is 0 Å². The van der Waals surface area contributed by atoms with Gasteiger partial charge in [0.25, 0.3) is 0 Å². The summed E-state index contributed by atoms with van der Waals surface area (Å²) in [5, 5.41) is 14.9. The molecule has 6 heteroatoms. The lowest BCUT2D eigenvalue weighted by molar-refractivity contribution is 0.0181. The number of carbonyl (C=O) groups excluding carboxylic acids is 1. The SMILES string of the molecule is CCC.Cc1c(O)ccc2c(CCC3CCN(C(=O)OC(C)(C)C)CC3)noc12. The Morgan fingerprint density at radius 1 is 1.28 bits per heavy atom. The fourth-order valence-electron chi connectivity index (χ4n) is 3.43. The summed E-state index contributed by atoms with van der Waals surface area (Å²) in [6.07, 6.45) is 4.86. The molecular weight excluding hydrogens is 368 g/mol. The monoisotopic (exact) mass is 404 g/mol. The van der Waals surface area contributed by atoms with Gasteiger partial charge in [-0.05, 0) is 71.4 Å². The van der Waals surface area contributed by atoms with Crippen LogP contribution >= 0.6 is 0 Å². The van der Waals surface area contributed by atoms with Crippen LogP contribution in [0.15, 0.2) is 16.7 Å². The van der Waals surface area contributed by atoms with Crippen LogP contribution in [0.1, 0.15) is 71.6 Å². The molecule has 1 N–H and O–H groups in total. The minimum atomic E-state index is -0.450. The number of phenols is 1. The maximum absolute atomic E-state index is 12.1. The van der Waals surface area contributed by atoms with Crippen LogP contribution < -0.4 is 0 Å². The number of carbonyl (C=O) groups is 1. The lowest BCUT2D eigenvalue weighted by Gasteiger charge is -2.33. The smallest absolute Gasteiger partial charge is 0.410 e. The van der Waals surface area contributed by atoms with Crippen molar-refractivity contribution in [3.63, 3.8) is 0 Å². The fourth-order valence-corrected chi connectivity index (χ4v) is 3.43. The van der Waals surface area contributed by atoms with E-state index in [4.69, 9.17) is 9.26 Å². The summed E-state index contributed by atoms with van der Waals surface area (Å²) < 4.78 is 10.9. The molecule has 0 unspecified atom stereocenters. The van der Waals surface area contributed by atoms with E-state index in [2.05, 4.69) is 19.0 Å². The molecule has 1 aliphatic rings. The number of rotatable bonds is 3. The molecule has 2 heterocycles. The first-order chi connectivity index (χ1) is 13.7. The second-order valence-corrected chi connectivity index (χ2v) is 8.87. The molecule has 0 atom stereocenters. The lowest BCUT2D eigenvalue weighted by atomic mass is 9.91. The normalized spacial score (nSPS) is 15.2. The van der Waals surface area contributed by atoms with Crippen LogP contribution in [-0.2, 0) is 11.2 Å². The summed E-state index contributed by atoms with van der Waals surface area (Å²) in [4.78, 5) is 13.9. The first-order valence-electron chi connectivity index (χ1n) is 10.7. The first-order valence-corrected chi connectivity index (χ1v) is 10.7. The van der Waals surface area contributed by atoms with Gasteiger partial charge in [0.2, 0.25) is 0 Å². The van der Waals surface area contributed by atoms with Crippen LogP contribution in [0.3, 0.4) is 0 Å². The van der Waals surface area contributed by atoms with Crippen molar-refractivity contribution < 1.29 is 19.2 Å². The topological polar surface area (TPSA) is 75.8 Å². The van der Waals surface area contributed by atoms with Crippen molar-refractivity contribution in [2.45, 2.75) is 79.2 Å². The van der Waals surface area contributed by atoms with Crippen molar-refractivity contribution in [3.8, 4) is 5.75 Å². The number of piperidine rings is 1. The van der Waals surface area contributed by atoms with E-state index in [0.717, 1.165) is 55.4 Å². The van der Waals surface area contributed by atoms with Crippen LogP contribution in [-0.4, -0.2) is 39.9 Å². The summed E-state index contributed by atoms with van der Waals surface area (Å²) >= 11 is 0. The molecule has 1 fully saturated rings. The number of benzene rings is 1. The van der Waals surface area contributed by atoms with Crippen molar-refractivity contribution in [1.82, 2.24) is 10.1 Å². The van der Waals surface area contributed by atoms with Gasteiger partial charge in [0.15, 0.2) is 5.58 Å². The summed E-state index contributed by atoms with van der Waals surface area (Å²) in [6, 6.07) is 3.56. The highest BCUT2D eigenvalue weighted by molar-refractivity contribution is 5.84. The van der Waals surface area contributed by atoms with E-state index in [0.29, 0.717) is 11.5 Å². The Hall–Kier alpha value is -2.24. The average molecular weight is 405 g/mol. The molecule has 1 aromatic carbocycles. The molecule has 1 amide bonds. The molecule has 29 heavy (non-hydrogen) atoms. The maximum Gasteiger partial charge on any atom is 0.410 e. The van der Waals surface area contributed by atoms with Crippen molar-refractivity contribution in [2.24, 2.45) is 5.92 Å². The third kappa shape index (κ3) is 6.38. The molecule has 0 spiro atoms. The summed E-state index contributed by atoms with van der Waals surface area (Å²) in [6.45, 7) is 13.2. The molecule has 1 aromatic heterocycles. The number of aromatic nitrogens is 1. The summed E-state index contributed by atoms with van der Waals surface area (Å²) in [7, 11) is 0. The minimum absolute atomic E-state index is 0.214. The molecule has 0 saturated carbocycles. The molecule has 0 bridgehead atoms. The number of aryl methyl sites for hydroxylation is 2. The number of hydrogen-bond donors (Lipinski definition) is 1. The number of aromatic hydroxyl groups is 1.